The Balaban J connectivity index is 2.45. The molecule has 1 unspecified atom stereocenters. The Morgan fingerprint density at radius 3 is 2.67 bits per heavy atom. The molecule has 86 valence electrons. The quantitative estimate of drug-likeness (QED) is 0.781. The topological polar surface area (TPSA) is 64.9 Å². The van der Waals surface area contributed by atoms with E-state index in [2.05, 4.69) is 30.9 Å². The van der Waals surface area contributed by atoms with Crippen LogP contribution in [0.3, 0.4) is 0 Å². The van der Waals surface area contributed by atoms with Crippen LogP contribution in [0, 0.1) is 5.92 Å². The fourth-order valence-corrected chi connectivity index (χ4v) is 1.52. The van der Waals surface area contributed by atoms with Crippen LogP contribution in [-0.4, -0.2) is 16.2 Å². The maximum absolute atomic E-state index is 5.90. The van der Waals surface area contributed by atoms with Gasteiger partial charge in [0.15, 0.2) is 5.82 Å². The SMILES string of the molecule is CCCC(N)Cc1nc(CC(C)C)no1. The van der Waals surface area contributed by atoms with Crippen molar-refractivity contribution in [3.05, 3.63) is 11.7 Å². The molecule has 0 aromatic carbocycles. The summed E-state index contributed by atoms with van der Waals surface area (Å²) in [6.07, 6.45) is 3.65. The predicted octanol–water partition coefficient (Wildman–Crippen LogP) is 1.94. The van der Waals surface area contributed by atoms with E-state index in [9.17, 15) is 0 Å². The standard InChI is InChI=1S/C11H21N3O/c1-4-5-9(12)7-11-13-10(14-15-11)6-8(2)3/h8-9H,4-7,12H2,1-3H3. The molecule has 4 nitrogen and oxygen atoms in total. The Kier molecular flexibility index (Phi) is 4.75. The van der Waals surface area contributed by atoms with Gasteiger partial charge in [-0.05, 0) is 12.3 Å². The molecule has 0 aliphatic heterocycles. The van der Waals surface area contributed by atoms with Gasteiger partial charge in [0.05, 0.1) is 0 Å². The van der Waals surface area contributed by atoms with Crippen molar-refractivity contribution < 1.29 is 4.52 Å². The van der Waals surface area contributed by atoms with E-state index in [1.807, 2.05) is 0 Å². The maximum atomic E-state index is 5.90. The van der Waals surface area contributed by atoms with Crippen molar-refractivity contribution >= 4 is 0 Å². The molecule has 1 atom stereocenters. The Labute approximate surface area is 91.2 Å². The third-order valence-electron chi connectivity index (χ3n) is 2.20. The van der Waals surface area contributed by atoms with Crippen LogP contribution in [0.1, 0.15) is 45.3 Å². The molecule has 1 rings (SSSR count). The van der Waals surface area contributed by atoms with Crippen molar-refractivity contribution in [3.63, 3.8) is 0 Å². The number of aromatic nitrogens is 2. The van der Waals surface area contributed by atoms with Gasteiger partial charge < -0.3 is 10.3 Å². The minimum atomic E-state index is 0.141. The summed E-state index contributed by atoms with van der Waals surface area (Å²) in [6.45, 7) is 6.40. The van der Waals surface area contributed by atoms with Gasteiger partial charge in [0.2, 0.25) is 5.89 Å². The van der Waals surface area contributed by atoms with Crippen LogP contribution in [0.15, 0.2) is 4.52 Å². The fraction of sp³-hybridized carbons (Fsp3) is 0.818. The highest BCUT2D eigenvalue weighted by molar-refractivity contribution is 4.89. The van der Waals surface area contributed by atoms with Gasteiger partial charge >= 0.3 is 0 Å². The summed E-state index contributed by atoms with van der Waals surface area (Å²) in [4.78, 5) is 4.31. The largest absolute Gasteiger partial charge is 0.339 e. The number of nitrogens with two attached hydrogens (primary N) is 1. The van der Waals surface area contributed by atoms with Crippen LogP contribution < -0.4 is 5.73 Å². The van der Waals surface area contributed by atoms with Gasteiger partial charge in [-0.1, -0.05) is 32.3 Å². The molecule has 0 aliphatic carbocycles. The van der Waals surface area contributed by atoms with E-state index < -0.39 is 0 Å². The second-order valence-corrected chi connectivity index (χ2v) is 4.46. The average molecular weight is 211 g/mol. The molecule has 15 heavy (non-hydrogen) atoms. The van der Waals surface area contributed by atoms with E-state index in [1.54, 1.807) is 0 Å². The first-order valence-corrected chi connectivity index (χ1v) is 5.68. The molecule has 1 heterocycles. The molecule has 0 bridgehead atoms. The zero-order chi connectivity index (χ0) is 11.3. The third-order valence-corrected chi connectivity index (χ3v) is 2.20. The molecule has 2 N–H and O–H groups in total. The molecule has 0 fully saturated rings. The first-order chi connectivity index (χ1) is 7.11. The number of nitrogens with zero attached hydrogens (tertiary/aromatic N) is 2. The lowest BCUT2D eigenvalue weighted by Crippen LogP contribution is -2.22. The van der Waals surface area contributed by atoms with Crippen LogP contribution in [0.25, 0.3) is 0 Å². The third kappa shape index (κ3) is 4.42. The zero-order valence-electron chi connectivity index (χ0n) is 9.86. The van der Waals surface area contributed by atoms with Crippen molar-refractivity contribution in [2.24, 2.45) is 11.7 Å². The maximum Gasteiger partial charge on any atom is 0.228 e. The molecule has 0 aliphatic rings. The molecule has 0 spiro atoms. The molecule has 4 heteroatoms. The van der Waals surface area contributed by atoms with E-state index in [4.69, 9.17) is 10.3 Å². The molecule has 0 amide bonds. The molecule has 0 saturated carbocycles. The lowest BCUT2D eigenvalue weighted by molar-refractivity contribution is 0.359. The zero-order valence-corrected chi connectivity index (χ0v) is 9.86. The predicted molar refractivity (Wildman–Crippen MR) is 59.4 cm³/mol. The van der Waals surface area contributed by atoms with E-state index in [0.29, 0.717) is 18.2 Å². The summed E-state index contributed by atoms with van der Waals surface area (Å²) in [7, 11) is 0. The van der Waals surface area contributed by atoms with E-state index in [1.165, 1.54) is 0 Å². The summed E-state index contributed by atoms with van der Waals surface area (Å²) in [5, 5.41) is 3.93. The normalized spacial score (nSPS) is 13.4. The summed E-state index contributed by atoms with van der Waals surface area (Å²) in [6, 6.07) is 0.141. The van der Waals surface area contributed by atoms with Crippen LogP contribution in [0.5, 0.6) is 0 Å². The molecular weight excluding hydrogens is 190 g/mol. The summed E-state index contributed by atoms with van der Waals surface area (Å²) >= 11 is 0. The molecule has 0 saturated heterocycles. The monoisotopic (exact) mass is 211 g/mol. The Hall–Kier alpha value is -0.900. The average Bonchev–Trinajstić information content (AvgIpc) is 2.51. The highest BCUT2D eigenvalue weighted by Crippen LogP contribution is 2.07. The van der Waals surface area contributed by atoms with Crippen LogP contribution in [-0.2, 0) is 12.8 Å². The number of hydrogen-bond acceptors (Lipinski definition) is 4. The van der Waals surface area contributed by atoms with Gasteiger partial charge in [-0.2, -0.15) is 4.98 Å². The first kappa shape index (κ1) is 12.2. The summed E-state index contributed by atoms with van der Waals surface area (Å²) in [5.41, 5.74) is 5.90. The summed E-state index contributed by atoms with van der Waals surface area (Å²) in [5.74, 6) is 2.02. The van der Waals surface area contributed by atoms with Gasteiger partial charge in [0.1, 0.15) is 0 Å². The van der Waals surface area contributed by atoms with Gasteiger partial charge in [-0.15, -0.1) is 0 Å². The van der Waals surface area contributed by atoms with Gasteiger partial charge in [-0.3, -0.25) is 0 Å². The van der Waals surface area contributed by atoms with Crippen molar-refractivity contribution in [1.82, 2.24) is 10.1 Å². The second-order valence-electron chi connectivity index (χ2n) is 4.46. The Morgan fingerprint density at radius 1 is 1.33 bits per heavy atom. The molecule has 0 radical (unpaired) electrons. The van der Waals surface area contributed by atoms with Crippen molar-refractivity contribution in [2.75, 3.05) is 0 Å². The lowest BCUT2D eigenvalue weighted by Gasteiger charge is -2.05. The summed E-state index contributed by atoms with van der Waals surface area (Å²) < 4.78 is 5.14. The van der Waals surface area contributed by atoms with E-state index >= 15 is 0 Å². The molecule has 1 aromatic rings. The van der Waals surface area contributed by atoms with Gasteiger partial charge in [0.25, 0.3) is 0 Å². The van der Waals surface area contributed by atoms with Crippen LogP contribution in [0.4, 0.5) is 0 Å². The highest BCUT2D eigenvalue weighted by Gasteiger charge is 2.11. The second kappa shape index (κ2) is 5.85. The fourth-order valence-electron chi connectivity index (χ4n) is 1.52. The van der Waals surface area contributed by atoms with Gasteiger partial charge in [-0.25, -0.2) is 0 Å². The van der Waals surface area contributed by atoms with Crippen LogP contribution >= 0.6 is 0 Å². The number of hydrogen-bond donors (Lipinski definition) is 1. The van der Waals surface area contributed by atoms with Crippen LogP contribution in [0.2, 0.25) is 0 Å². The molecule has 1 aromatic heterocycles. The van der Waals surface area contributed by atoms with Crippen molar-refractivity contribution in [3.8, 4) is 0 Å². The Morgan fingerprint density at radius 2 is 2.07 bits per heavy atom. The number of rotatable bonds is 6. The molecular formula is C11H21N3O. The van der Waals surface area contributed by atoms with E-state index in [-0.39, 0.29) is 6.04 Å². The van der Waals surface area contributed by atoms with Crippen molar-refractivity contribution in [1.29, 1.82) is 0 Å². The van der Waals surface area contributed by atoms with E-state index in [0.717, 1.165) is 25.1 Å². The smallest absolute Gasteiger partial charge is 0.228 e. The lowest BCUT2D eigenvalue weighted by atomic mass is 10.1. The minimum absolute atomic E-state index is 0.141. The van der Waals surface area contributed by atoms with Crippen molar-refractivity contribution in [2.45, 2.75) is 52.5 Å². The Bertz CT molecular complexity index is 283. The first-order valence-electron chi connectivity index (χ1n) is 5.68. The highest BCUT2D eigenvalue weighted by atomic mass is 16.5. The van der Waals surface area contributed by atoms with Gasteiger partial charge in [0, 0.05) is 18.9 Å². The minimum Gasteiger partial charge on any atom is -0.339 e.